The van der Waals surface area contributed by atoms with Crippen LogP contribution in [0.4, 0.5) is 0 Å². The molecule has 21 heavy (non-hydrogen) atoms. The number of hydrogen-bond acceptors (Lipinski definition) is 5. The topological polar surface area (TPSA) is 111 Å². The zero-order valence-electron chi connectivity index (χ0n) is 11.0. The number of thiophene rings is 1. The zero-order valence-corrected chi connectivity index (χ0v) is 11.8. The predicted molar refractivity (Wildman–Crippen MR) is 78.3 cm³/mol. The molecule has 0 radical (unpaired) electrons. The molecular weight excluding hydrogens is 294 g/mol. The third kappa shape index (κ3) is 2.00. The molecule has 1 unspecified atom stereocenters. The molecule has 3 aromatic heterocycles. The predicted octanol–water partition coefficient (Wildman–Crippen LogP) is 1.06. The van der Waals surface area contributed by atoms with Crippen molar-refractivity contribution in [1.82, 2.24) is 9.55 Å². The van der Waals surface area contributed by atoms with E-state index in [1.54, 1.807) is 17.5 Å². The maximum absolute atomic E-state index is 12.6. The number of furan rings is 1. The van der Waals surface area contributed by atoms with Gasteiger partial charge in [-0.1, -0.05) is 0 Å². The Morgan fingerprint density at radius 2 is 2.24 bits per heavy atom. The van der Waals surface area contributed by atoms with Crippen molar-refractivity contribution in [3.63, 3.8) is 0 Å². The van der Waals surface area contributed by atoms with Crippen molar-refractivity contribution >= 4 is 27.5 Å². The first-order chi connectivity index (χ1) is 10.0. The van der Waals surface area contributed by atoms with E-state index in [1.165, 1.54) is 24.5 Å². The molecule has 1 atom stereocenters. The van der Waals surface area contributed by atoms with E-state index >= 15 is 0 Å². The number of hydrogen-bond donors (Lipinski definition) is 2. The summed E-state index contributed by atoms with van der Waals surface area (Å²) < 4.78 is 6.12. The van der Waals surface area contributed by atoms with E-state index in [-0.39, 0.29) is 0 Å². The van der Waals surface area contributed by atoms with Gasteiger partial charge in [0.15, 0.2) is 0 Å². The molecule has 0 aliphatic heterocycles. The summed E-state index contributed by atoms with van der Waals surface area (Å²) >= 11 is 1.22. The van der Waals surface area contributed by atoms with Gasteiger partial charge < -0.3 is 10.2 Å². The van der Waals surface area contributed by atoms with E-state index in [0.717, 1.165) is 4.57 Å². The number of nitrogens with two attached hydrogens (primary N) is 1. The number of rotatable bonds is 3. The fourth-order valence-corrected chi connectivity index (χ4v) is 3.06. The maximum Gasteiger partial charge on any atom is 0.330 e. The zero-order chi connectivity index (χ0) is 15.1. The number of H-pyrrole nitrogens is 1. The average Bonchev–Trinajstić information content (AvgIpc) is 3.06. The minimum Gasteiger partial charge on any atom is -0.464 e. The smallest absolute Gasteiger partial charge is 0.330 e. The van der Waals surface area contributed by atoms with E-state index in [9.17, 15) is 14.4 Å². The number of fused-ring (bicyclic) bond motifs is 1. The lowest BCUT2D eigenvalue weighted by molar-refractivity contribution is -0.120. The summed E-state index contributed by atoms with van der Waals surface area (Å²) in [6.07, 6.45) is 1.50. The molecule has 0 aliphatic rings. The van der Waals surface area contributed by atoms with Crippen molar-refractivity contribution in [2.45, 2.75) is 13.0 Å². The van der Waals surface area contributed by atoms with Crippen LogP contribution in [0.3, 0.4) is 0 Å². The molecule has 7 nitrogen and oxygen atoms in total. The van der Waals surface area contributed by atoms with Crippen LogP contribution in [0.2, 0.25) is 0 Å². The van der Waals surface area contributed by atoms with Gasteiger partial charge in [0.1, 0.15) is 16.6 Å². The van der Waals surface area contributed by atoms with Gasteiger partial charge in [-0.3, -0.25) is 14.6 Å². The van der Waals surface area contributed by atoms with Crippen molar-refractivity contribution < 1.29 is 9.21 Å². The van der Waals surface area contributed by atoms with Crippen LogP contribution in [0, 0.1) is 0 Å². The van der Waals surface area contributed by atoms with Gasteiger partial charge in [-0.05, 0) is 19.1 Å². The SMILES string of the molecule is CC(C(N)=O)n1c(=O)[nH]c2scc(-c3ccco3)c2c1=O. The Hall–Kier alpha value is -2.61. The molecule has 1 amide bonds. The Bertz CT molecular complexity index is 933. The molecule has 8 heteroatoms. The Kier molecular flexibility index (Phi) is 3.02. The number of aromatic nitrogens is 2. The summed E-state index contributed by atoms with van der Waals surface area (Å²) in [5.41, 5.74) is 4.54. The molecule has 3 aromatic rings. The van der Waals surface area contributed by atoms with Crippen LogP contribution in [0.1, 0.15) is 13.0 Å². The summed E-state index contributed by atoms with van der Waals surface area (Å²) in [6.45, 7) is 1.41. The molecule has 108 valence electrons. The van der Waals surface area contributed by atoms with Crippen molar-refractivity contribution in [3.8, 4) is 11.3 Å². The number of nitrogens with one attached hydrogen (secondary N) is 1. The molecule has 0 saturated carbocycles. The minimum atomic E-state index is -1.03. The highest BCUT2D eigenvalue weighted by Crippen LogP contribution is 2.30. The Balaban J connectivity index is 2.38. The molecular formula is C13H11N3O4S. The minimum absolute atomic E-state index is 0.308. The average molecular weight is 305 g/mol. The third-order valence-electron chi connectivity index (χ3n) is 3.25. The quantitative estimate of drug-likeness (QED) is 0.753. The van der Waals surface area contributed by atoms with E-state index in [1.807, 2.05) is 0 Å². The van der Waals surface area contributed by atoms with Gasteiger partial charge in [-0.15, -0.1) is 11.3 Å². The number of nitrogens with zero attached hydrogens (tertiary/aromatic N) is 1. The number of carbonyl (C=O) groups is 1. The lowest BCUT2D eigenvalue weighted by atomic mass is 10.2. The molecule has 0 aliphatic carbocycles. The lowest BCUT2D eigenvalue weighted by Gasteiger charge is -2.10. The summed E-state index contributed by atoms with van der Waals surface area (Å²) in [5, 5.41) is 2.03. The van der Waals surface area contributed by atoms with Crippen LogP contribution >= 0.6 is 11.3 Å². The van der Waals surface area contributed by atoms with Gasteiger partial charge in [-0.2, -0.15) is 0 Å². The number of carbonyl (C=O) groups excluding carboxylic acids is 1. The van der Waals surface area contributed by atoms with Gasteiger partial charge in [0.2, 0.25) is 5.91 Å². The first-order valence-corrected chi connectivity index (χ1v) is 6.98. The third-order valence-corrected chi connectivity index (χ3v) is 4.14. The Morgan fingerprint density at radius 3 is 2.86 bits per heavy atom. The normalized spacial score (nSPS) is 12.6. The van der Waals surface area contributed by atoms with Crippen LogP contribution in [0.5, 0.6) is 0 Å². The van der Waals surface area contributed by atoms with Crippen molar-refractivity contribution in [1.29, 1.82) is 0 Å². The van der Waals surface area contributed by atoms with Gasteiger partial charge >= 0.3 is 5.69 Å². The van der Waals surface area contributed by atoms with Gasteiger partial charge in [0.05, 0.1) is 11.6 Å². The number of primary amides is 1. The number of aromatic amines is 1. The van der Waals surface area contributed by atoms with Crippen LogP contribution in [0.25, 0.3) is 21.5 Å². The highest BCUT2D eigenvalue weighted by molar-refractivity contribution is 7.17. The van der Waals surface area contributed by atoms with E-state index < -0.39 is 23.2 Å². The standard InChI is InChI=1S/C13H11N3O4S/c1-6(10(14)17)16-12(18)9-7(8-3-2-4-20-8)5-21-11(9)15-13(16)19/h2-6H,1H3,(H2,14,17)(H,15,19). The summed E-state index contributed by atoms with van der Waals surface area (Å²) in [7, 11) is 0. The van der Waals surface area contributed by atoms with Gasteiger partial charge in [0.25, 0.3) is 5.56 Å². The molecule has 0 bridgehead atoms. The molecule has 3 N–H and O–H groups in total. The van der Waals surface area contributed by atoms with Crippen LogP contribution in [0.15, 0.2) is 37.8 Å². The lowest BCUT2D eigenvalue weighted by Crippen LogP contribution is -2.41. The van der Waals surface area contributed by atoms with E-state index in [2.05, 4.69) is 4.98 Å². The van der Waals surface area contributed by atoms with Crippen molar-refractivity contribution in [2.75, 3.05) is 0 Å². The van der Waals surface area contributed by atoms with Crippen LogP contribution in [-0.2, 0) is 4.79 Å². The maximum atomic E-state index is 12.6. The molecule has 0 saturated heterocycles. The van der Waals surface area contributed by atoms with Crippen molar-refractivity contribution in [3.05, 3.63) is 44.6 Å². The van der Waals surface area contributed by atoms with Crippen LogP contribution in [-0.4, -0.2) is 15.5 Å². The van der Waals surface area contributed by atoms with Crippen molar-refractivity contribution in [2.24, 2.45) is 5.73 Å². The highest BCUT2D eigenvalue weighted by Gasteiger charge is 2.21. The molecule has 0 spiro atoms. The second-order valence-electron chi connectivity index (χ2n) is 4.51. The van der Waals surface area contributed by atoms with Gasteiger partial charge in [-0.25, -0.2) is 9.36 Å². The summed E-state index contributed by atoms with van der Waals surface area (Å²) in [5.74, 6) is -0.236. The molecule has 0 fully saturated rings. The monoisotopic (exact) mass is 305 g/mol. The Morgan fingerprint density at radius 1 is 1.48 bits per heavy atom. The van der Waals surface area contributed by atoms with E-state index in [4.69, 9.17) is 10.2 Å². The summed E-state index contributed by atoms with van der Waals surface area (Å²) in [6, 6.07) is 2.39. The molecule has 3 rings (SSSR count). The largest absolute Gasteiger partial charge is 0.464 e. The first-order valence-electron chi connectivity index (χ1n) is 6.10. The molecule has 3 heterocycles. The second kappa shape index (κ2) is 4.74. The number of amides is 1. The Labute approximate surface area is 121 Å². The van der Waals surface area contributed by atoms with E-state index in [0.29, 0.717) is 21.5 Å². The van der Waals surface area contributed by atoms with Crippen LogP contribution < -0.4 is 17.0 Å². The first kappa shape index (κ1) is 13.4. The summed E-state index contributed by atoms with van der Waals surface area (Å²) in [4.78, 5) is 38.9. The fourth-order valence-electron chi connectivity index (χ4n) is 2.12. The van der Waals surface area contributed by atoms with Gasteiger partial charge in [0, 0.05) is 10.9 Å². The fraction of sp³-hybridized carbons (Fsp3) is 0.154. The molecule has 0 aromatic carbocycles. The second-order valence-corrected chi connectivity index (χ2v) is 5.39. The highest BCUT2D eigenvalue weighted by atomic mass is 32.1.